The summed E-state index contributed by atoms with van der Waals surface area (Å²) in [4.78, 5) is 36.8. The zero-order valence-electron chi connectivity index (χ0n) is 15.2. The molecule has 1 fully saturated rings. The van der Waals surface area contributed by atoms with Crippen molar-refractivity contribution in [2.45, 2.75) is 46.1 Å². The Balaban J connectivity index is 2.34. The van der Waals surface area contributed by atoms with Gasteiger partial charge in [0, 0.05) is 31.5 Å². The topological polar surface area (TPSA) is 102 Å². The quantitative estimate of drug-likeness (QED) is 0.660. The van der Waals surface area contributed by atoms with Gasteiger partial charge in [-0.05, 0) is 33.3 Å². The highest BCUT2D eigenvalue weighted by atomic mass is 16.6. The van der Waals surface area contributed by atoms with Gasteiger partial charge in [0.25, 0.3) is 5.69 Å². The molecule has 0 radical (unpaired) electrons. The van der Waals surface area contributed by atoms with Crippen molar-refractivity contribution in [1.29, 1.82) is 0 Å². The molecular weight excluding hydrogens is 338 g/mol. The molecule has 0 spiro atoms. The van der Waals surface area contributed by atoms with E-state index in [1.54, 1.807) is 31.7 Å². The van der Waals surface area contributed by atoms with Gasteiger partial charge < -0.3 is 15.0 Å². The third-order valence-corrected chi connectivity index (χ3v) is 4.68. The van der Waals surface area contributed by atoms with Crippen molar-refractivity contribution < 1.29 is 19.2 Å². The van der Waals surface area contributed by atoms with Crippen LogP contribution in [-0.4, -0.2) is 33.8 Å². The lowest BCUT2D eigenvalue weighted by molar-refractivity contribution is -0.385. The highest BCUT2D eigenvalue weighted by molar-refractivity contribution is 5.94. The maximum absolute atomic E-state index is 12.5. The third-order valence-electron chi connectivity index (χ3n) is 4.68. The van der Waals surface area contributed by atoms with E-state index >= 15 is 0 Å². The van der Waals surface area contributed by atoms with Crippen LogP contribution in [0.4, 0.5) is 5.69 Å². The second kappa shape index (κ2) is 6.12. The number of fused-ring (bicyclic) bond motifs is 1. The van der Waals surface area contributed by atoms with Crippen LogP contribution in [-0.2, 0) is 9.59 Å². The standard InChI is InChI=1S/C18H21N3O5/c1-10-12(21(24)25)7-8-13-15(10)16(20-9-5-6-14(20)23)17(19-11(2)22)18(3,4)26-13/h7-8H,5-6,9H2,1-4H3,(H,19,22). The zero-order valence-corrected chi connectivity index (χ0v) is 15.2. The second-order valence-electron chi connectivity index (χ2n) is 7.01. The predicted molar refractivity (Wildman–Crippen MR) is 94.2 cm³/mol. The fourth-order valence-electron chi connectivity index (χ4n) is 3.53. The number of likely N-dealkylation sites (tertiary alicyclic amines) is 1. The van der Waals surface area contributed by atoms with E-state index in [2.05, 4.69) is 5.32 Å². The Morgan fingerprint density at radius 2 is 2.08 bits per heavy atom. The molecule has 3 rings (SSSR count). The highest BCUT2D eigenvalue weighted by Crippen LogP contribution is 2.46. The summed E-state index contributed by atoms with van der Waals surface area (Å²) < 4.78 is 6.04. The van der Waals surface area contributed by atoms with Gasteiger partial charge in [0.05, 0.1) is 21.9 Å². The number of hydrogen-bond donors (Lipinski definition) is 1. The predicted octanol–water partition coefficient (Wildman–Crippen LogP) is 2.50. The van der Waals surface area contributed by atoms with E-state index < -0.39 is 10.5 Å². The molecular formula is C18H21N3O5. The number of hydrogen-bond acceptors (Lipinski definition) is 5. The number of amides is 2. The van der Waals surface area contributed by atoms with Gasteiger partial charge >= 0.3 is 0 Å². The van der Waals surface area contributed by atoms with Gasteiger partial charge in [0.2, 0.25) is 11.8 Å². The van der Waals surface area contributed by atoms with Crippen molar-refractivity contribution in [2.24, 2.45) is 0 Å². The Bertz CT molecular complexity index is 857. The first-order valence-corrected chi connectivity index (χ1v) is 8.43. The monoisotopic (exact) mass is 359 g/mol. The molecule has 0 unspecified atom stereocenters. The number of rotatable bonds is 3. The second-order valence-corrected chi connectivity index (χ2v) is 7.01. The van der Waals surface area contributed by atoms with Gasteiger partial charge in [-0.15, -0.1) is 0 Å². The SMILES string of the molecule is CC(=O)NC1=C(N2CCCC2=O)c2c(ccc([N+](=O)[O-])c2C)OC1(C)C. The zero-order chi connectivity index (χ0) is 19.2. The Morgan fingerprint density at radius 3 is 2.62 bits per heavy atom. The lowest BCUT2D eigenvalue weighted by atomic mass is 9.91. The molecule has 0 atom stereocenters. The lowest BCUT2D eigenvalue weighted by Crippen LogP contribution is -2.45. The highest BCUT2D eigenvalue weighted by Gasteiger charge is 2.42. The summed E-state index contributed by atoms with van der Waals surface area (Å²) >= 11 is 0. The molecule has 2 aliphatic rings. The summed E-state index contributed by atoms with van der Waals surface area (Å²) in [6.07, 6.45) is 1.10. The van der Waals surface area contributed by atoms with Crippen LogP contribution in [0.15, 0.2) is 17.8 Å². The molecule has 0 aliphatic carbocycles. The molecule has 8 nitrogen and oxygen atoms in total. The van der Waals surface area contributed by atoms with E-state index in [0.29, 0.717) is 47.7 Å². The molecule has 1 aromatic carbocycles. The molecule has 1 N–H and O–H groups in total. The number of carbonyl (C=O) groups is 2. The van der Waals surface area contributed by atoms with Crippen LogP contribution < -0.4 is 10.1 Å². The van der Waals surface area contributed by atoms with E-state index in [-0.39, 0.29) is 17.5 Å². The van der Waals surface area contributed by atoms with Crippen LogP contribution in [0.5, 0.6) is 5.75 Å². The number of nitro groups is 1. The van der Waals surface area contributed by atoms with Crippen molar-refractivity contribution in [2.75, 3.05) is 6.54 Å². The number of nitrogens with one attached hydrogen (secondary N) is 1. The minimum atomic E-state index is -0.903. The molecule has 26 heavy (non-hydrogen) atoms. The fraction of sp³-hybridized carbons (Fsp3) is 0.444. The maximum Gasteiger partial charge on any atom is 0.273 e. The summed E-state index contributed by atoms with van der Waals surface area (Å²) in [7, 11) is 0. The first-order valence-electron chi connectivity index (χ1n) is 8.43. The van der Waals surface area contributed by atoms with Crippen molar-refractivity contribution in [1.82, 2.24) is 10.2 Å². The normalized spacial score (nSPS) is 18.5. The molecule has 0 aromatic heterocycles. The summed E-state index contributed by atoms with van der Waals surface area (Å²) in [5, 5.41) is 14.2. The van der Waals surface area contributed by atoms with E-state index in [9.17, 15) is 19.7 Å². The van der Waals surface area contributed by atoms with Crippen molar-refractivity contribution >= 4 is 23.2 Å². The molecule has 2 aliphatic heterocycles. The van der Waals surface area contributed by atoms with Gasteiger partial charge in [0.15, 0.2) is 0 Å². The van der Waals surface area contributed by atoms with Crippen LogP contribution in [0.2, 0.25) is 0 Å². The first kappa shape index (κ1) is 17.9. The fourth-order valence-corrected chi connectivity index (χ4v) is 3.53. The molecule has 2 amide bonds. The van der Waals surface area contributed by atoms with Crippen molar-refractivity contribution in [3.8, 4) is 5.75 Å². The van der Waals surface area contributed by atoms with Crippen LogP contribution in [0.3, 0.4) is 0 Å². The third kappa shape index (κ3) is 2.81. The largest absolute Gasteiger partial charge is 0.481 e. The van der Waals surface area contributed by atoms with Gasteiger partial charge in [-0.1, -0.05) is 0 Å². The lowest BCUT2D eigenvalue weighted by Gasteiger charge is -2.39. The van der Waals surface area contributed by atoms with Crippen LogP contribution >= 0.6 is 0 Å². The van der Waals surface area contributed by atoms with E-state index in [0.717, 1.165) is 0 Å². The van der Waals surface area contributed by atoms with Gasteiger partial charge in [-0.2, -0.15) is 0 Å². The summed E-state index contributed by atoms with van der Waals surface area (Å²) in [5.74, 6) is 0.0895. The Hall–Kier alpha value is -2.90. The Kier molecular flexibility index (Phi) is 4.21. The number of ether oxygens (including phenoxy) is 1. The molecule has 1 saturated heterocycles. The minimum absolute atomic E-state index is 0.0571. The van der Waals surface area contributed by atoms with Crippen molar-refractivity contribution in [3.63, 3.8) is 0 Å². The number of nitrogens with zero attached hydrogens (tertiary/aromatic N) is 2. The molecule has 0 saturated carbocycles. The summed E-state index contributed by atoms with van der Waals surface area (Å²) in [6.45, 7) is 7.08. The van der Waals surface area contributed by atoms with Crippen LogP contribution in [0.25, 0.3) is 5.70 Å². The summed E-state index contributed by atoms with van der Waals surface area (Å²) in [5.41, 5.74) is 0.863. The Labute approximate surface area is 151 Å². The average Bonchev–Trinajstić information content (AvgIpc) is 2.93. The first-order chi connectivity index (χ1) is 12.1. The van der Waals surface area contributed by atoms with Crippen LogP contribution in [0.1, 0.15) is 44.7 Å². The van der Waals surface area contributed by atoms with E-state index in [4.69, 9.17) is 4.74 Å². The van der Waals surface area contributed by atoms with Crippen molar-refractivity contribution in [3.05, 3.63) is 39.1 Å². The minimum Gasteiger partial charge on any atom is -0.481 e. The van der Waals surface area contributed by atoms with Crippen LogP contribution in [0, 0.1) is 17.0 Å². The van der Waals surface area contributed by atoms with Gasteiger partial charge in [-0.25, -0.2) is 0 Å². The molecule has 2 heterocycles. The molecule has 8 heteroatoms. The number of carbonyl (C=O) groups excluding carboxylic acids is 2. The molecule has 138 valence electrons. The summed E-state index contributed by atoms with van der Waals surface area (Å²) in [6, 6.07) is 2.95. The maximum atomic E-state index is 12.5. The van der Waals surface area contributed by atoms with E-state index in [1.165, 1.54) is 13.0 Å². The Morgan fingerprint density at radius 1 is 1.38 bits per heavy atom. The number of nitro benzene ring substituents is 1. The average molecular weight is 359 g/mol. The molecule has 1 aromatic rings. The van der Waals surface area contributed by atoms with Gasteiger partial charge in [-0.3, -0.25) is 19.7 Å². The van der Waals surface area contributed by atoms with Gasteiger partial charge in [0.1, 0.15) is 11.4 Å². The smallest absolute Gasteiger partial charge is 0.273 e. The van der Waals surface area contributed by atoms with E-state index in [1.807, 2.05) is 0 Å². The number of benzene rings is 1. The molecule has 0 bridgehead atoms.